The Morgan fingerprint density at radius 2 is 2.47 bits per heavy atom. The van der Waals surface area contributed by atoms with Gasteiger partial charge in [0.15, 0.2) is 5.96 Å². The summed E-state index contributed by atoms with van der Waals surface area (Å²) in [5.41, 5.74) is 8.03. The number of aryl methyl sites for hydroxylation is 1. The lowest BCUT2D eigenvalue weighted by molar-refractivity contribution is 0.114. The maximum atomic E-state index is 5.81. The summed E-state index contributed by atoms with van der Waals surface area (Å²) in [6, 6.07) is 0. The smallest absolute Gasteiger partial charge is 0.189 e. The second-order valence-corrected chi connectivity index (χ2v) is 4.60. The highest BCUT2D eigenvalue weighted by Gasteiger charge is 2.14. The Balaban J connectivity index is 0.00000180. The van der Waals surface area contributed by atoms with Crippen molar-refractivity contribution in [1.82, 2.24) is 15.1 Å². The second-order valence-electron chi connectivity index (χ2n) is 4.60. The molecule has 1 saturated heterocycles. The molecule has 2 rings (SSSR count). The molecule has 6 nitrogen and oxygen atoms in total. The first-order chi connectivity index (χ1) is 8.66. The van der Waals surface area contributed by atoms with Crippen molar-refractivity contribution in [2.24, 2.45) is 17.8 Å². The molecule has 0 amide bonds. The number of rotatable bonds is 4. The number of guanidine groups is 1. The van der Waals surface area contributed by atoms with Gasteiger partial charge >= 0.3 is 0 Å². The highest BCUT2D eigenvalue weighted by atomic mass is 127. The van der Waals surface area contributed by atoms with Gasteiger partial charge in [0.2, 0.25) is 0 Å². The molecule has 1 aliphatic rings. The van der Waals surface area contributed by atoms with E-state index in [1.807, 2.05) is 24.9 Å². The van der Waals surface area contributed by atoms with E-state index >= 15 is 0 Å². The van der Waals surface area contributed by atoms with Crippen molar-refractivity contribution in [3.63, 3.8) is 0 Å². The zero-order valence-corrected chi connectivity index (χ0v) is 13.8. The van der Waals surface area contributed by atoms with E-state index < -0.39 is 0 Å². The number of halogens is 1. The Hall–Kier alpha value is -0.830. The first kappa shape index (κ1) is 16.2. The van der Waals surface area contributed by atoms with Gasteiger partial charge in [-0.25, -0.2) is 4.99 Å². The lowest BCUT2D eigenvalue weighted by Gasteiger charge is -2.10. The molecule has 108 valence electrons. The number of hydrogen-bond acceptors (Lipinski definition) is 3. The lowest BCUT2D eigenvalue weighted by Crippen LogP contribution is -2.37. The SMILES string of the molecule is Cc1c(CN=C(N)NCC2CCCO2)cnn1C.I. The third-order valence-electron chi connectivity index (χ3n) is 3.29. The predicted molar refractivity (Wildman–Crippen MR) is 85.7 cm³/mol. The van der Waals surface area contributed by atoms with Crippen LogP contribution >= 0.6 is 24.0 Å². The van der Waals surface area contributed by atoms with Gasteiger partial charge in [0.1, 0.15) is 0 Å². The molecule has 1 aromatic heterocycles. The summed E-state index contributed by atoms with van der Waals surface area (Å²) in [5, 5.41) is 7.27. The molecule has 1 atom stereocenters. The number of aliphatic imine (C=N–C) groups is 1. The van der Waals surface area contributed by atoms with Gasteiger partial charge in [-0.15, -0.1) is 24.0 Å². The molecule has 0 aromatic carbocycles. The van der Waals surface area contributed by atoms with Gasteiger partial charge in [-0.2, -0.15) is 5.10 Å². The van der Waals surface area contributed by atoms with Gasteiger partial charge in [-0.05, 0) is 19.8 Å². The third-order valence-corrected chi connectivity index (χ3v) is 3.29. The minimum atomic E-state index is 0. The van der Waals surface area contributed by atoms with Crippen LogP contribution < -0.4 is 11.1 Å². The molecule has 1 fully saturated rings. The van der Waals surface area contributed by atoms with Gasteiger partial charge in [-0.1, -0.05) is 0 Å². The molecule has 1 unspecified atom stereocenters. The van der Waals surface area contributed by atoms with E-state index in [4.69, 9.17) is 10.5 Å². The molecule has 7 heteroatoms. The van der Waals surface area contributed by atoms with E-state index in [0.29, 0.717) is 12.5 Å². The number of nitrogens with zero attached hydrogens (tertiary/aromatic N) is 3. The molecule has 19 heavy (non-hydrogen) atoms. The van der Waals surface area contributed by atoms with Crippen LogP contribution in [-0.4, -0.2) is 35.0 Å². The second kappa shape index (κ2) is 7.68. The van der Waals surface area contributed by atoms with Crippen LogP contribution in [0.3, 0.4) is 0 Å². The summed E-state index contributed by atoms with van der Waals surface area (Å²) >= 11 is 0. The van der Waals surface area contributed by atoms with Gasteiger partial charge in [-0.3, -0.25) is 4.68 Å². The molecule has 0 aliphatic carbocycles. The van der Waals surface area contributed by atoms with Crippen molar-refractivity contribution in [3.05, 3.63) is 17.5 Å². The van der Waals surface area contributed by atoms with Gasteiger partial charge < -0.3 is 15.8 Å². The van der Waals surface area contributed by atoms with Crippen LogP contribution in [0.5, 0.6) is 0 Å². The van der Waals surface area contributed by atoms with E-state index in [9.17, 15) is 0 Å². The lowest BCUT2D eigenvalue weighted by atomic mass is 10.2. The third kappa shape index (κ3) is 4.64. The highest BCUT2D eigenvalue weighted by Crippen LogP contribution is 2.10. The Kier molecular flexibility index (Phi) is 6.56. The topological polar surface area (TPSA) is 77.5 Å². The Morgan fingerprint density at radius 3 is 3.05 bits per heavy atom. The molecule has 1 aliphatic heterocycles. The van der Waals surface area contributed by atoms with Crippen molar-refractivity contribution in [2.45, 2.75) is 32.4 Å². The Labute approximate surface area is 130 Å². The van der Waals surface area contributed by atoms with Gasteiger partial charge in [0, 0.05) is 31.5 Å². The fourth-order valence-electron chi connectivity index (χ4n) is 1.95. The minimum absolute atomic E-state index is 0. The fraction of sp³-hybridized carbons (Fsp3) is 0.667. The highest BCUT2D eigenvalue weighted by molar-refractivity contribution is 14.0. The van der Waals surface area contributed by atoms with Crippen LogP contribution in [0.4, 0.5) is 0 Å². The molecular weight excluding hydrogens is 357 g/mol. The molecule has 0 radical (unpaired) electrons. The summed E-state index contributed by atoms with van der Waals surface area (Å²) in [6.07, 6.45) is 4.34. The monoisotopic (exact) mass is 379 g/mol. The maximum Gasteiger partial charge on any atom is 0.189 e. The molecule has 3 N–H and O–H groups in total. The summed E-state index contributed by atoms with van der Waals surface area (Å²) in [7, 11) is 1.92. The molecule has 1 aromatic rings. The zero-order valence-electron chi connectivity index (χ0n) is 11.4. The molecule has 0 saturated carbocycles. The van der Waals surface area contributed by atoms with Crippen LogP contribution in [0.15, 0.2) is 11.2 Å². The van der Waals surface area contributed by atoms with Gasteiger partial charge in [0.25, 0.3) is 0 Å². The number of nitrogens with one attached hydrogen (secondary N) is 1. The van der Waals surface area contributed by atoms with Crippen LogP contribution in [0, 0.1) is 6.92 Å². The standard InChI is InChI=1S/C12H21N5O.HI/c1-9-10(7-16-17(9)2)6-14-12(13)15-8-11-4-3-5-18-11;/h7,11H,3-6,8H2,1-2H3,(H3,13,14,15);1H. The van der Waals surface area contributed by atoms with Crippen LogP contribution in [0.25, 0.3) is 0 Å². The fourth-order valence-corrected chi connectivity index (χ4v) is 1.95. The number of ether oxygens (including phenoxy) is 1. The molecule has 2 heterocycles. The summed E-state index contributed by atoms with van der Waals surface area (Å²) < 4.78 is 7.34. The number of hydrogen-bond donors (Lipinski definition) is 2. The Bertz CT molecular complexity index is 426. The van der Waals surface area contributed by atoms with Crippen molar-refractivity contribution >= 4 is 29.9 Å². The molecule has 0 bridgehead atoms. The quantitative estimate of drug-likeness (QED) is 0.464. The van der Waals surface area contributed by atoms with Crippen molar-refractivity contribution in [2.75, 3.05) is 13.2 Å². The largest absolute Gasteiger partial charge is 0.376 e. The summed E-state index contributed by atoms with van der Waals surface area (Å²) in [4.78, 5) is 4.30. The first-order valence-corrected chi connectivity index (χ1v) is 6.29. The number of nitrogens with two attached hydrogens (primary N) is 1. The molecule has 0 spiro atoms. The van der Waals surface area contributed by atoms with Gasteiger partial charge in [0.05, 0.1) is 18.8 Å². The average molecular weight is 379 g/mol. The van der Waals surface area contributed by atoms with Crippen LogP contribution in [0.2, 0.25) is 0 Å². The number of aromatic nitrogens is 2. The van der Waals surface area contributed by atoms with Crippen molar-refractivity contribution in [3.8, 4) is 0 Å². The zero-order chi connectivity index (χ0) is 13.0. The normalized spacial score (nSPS) is 19.3. The predicted octanol–water partition coefficient (Wildman–Crippen LogP) is 0.930. The summed E-state index contributed by atoms with van der Waals surface area (Å²) in [6.45, 7) is 4.18. The molecular formula is C12H22IN5O. The van der Waals surface area contributed by atoms with E-state index in [2.05, 4.69) is 15.4 Å². The van der Waals surface area contributed by atoms with E-state index in [1.54, 1.807) is 0 Å². The maximum absolute atomic E-state index is 5.81. The Morgan fingerprint density at radius 1 is 1.68 bits per heavy atom. The average Bonchev–Trinajstić information content (AvgIpc) is 2.97. The van der Waals surface area contributed by atoms with E-state index in [0.717, 1.165) is 37.3 Å². The first-order valence-electron chi connectivity index (χ1n) is 6.29. The van der Waals surface area contributed by atoms with E-state index in [1.165, 1.54) is 0 Å². The van der Waals surface area contributed by atoms with Crippen molar-refractivity contribution < 1.29 is 4.74 Å². The minimum Gasteiger partial charge on any atom is -0.376 e. The van der Waals surface area contributed by atoms with E-state index in [-0.39, 0.29) is 30.1 Å². The van der Waals surface area contributed by atoms with Crippen molar-refractivity contribution in [1.29, 1.82) is 0 Å². The van der Waals surface area contributed by atoms with Crippen LogP contribution in [0.1, 0.15) is 24.1 Å². The van der Waals surface area contributed by atoms with Crippen LogP contribution in [-0.2, 0) is 18.3 Å². The summed E-state index contributed by atoms with van der Waals surface area (Å²) in [5.74, 6) is 0.466.